The molecule has 0 atom stereocenters. The number of hydrogen-bond acceptors (Lipinski definition) is 1. The first-order valence-electron chi connectivity index (χ1n) is 0.781. The summed E-state index contributed by atoms with van der Waals surface area (Å²) in [4.78, 5) is 9.00. The quantitative estimate of drug-likeness (QED) is 0.311. The van der Waals surface area contributed by atoms with E-state index in [1.807, 2.05) is 0 Å². The third-order valence-electron chi connectivity index (χ3n) is 0. The van der Waals surface area contributed by atoms with Crippen LogP contribution in [0, 0.1) is 0 Å². The second kappa shape index (κ2) is 9.07. The first kappa shape index (κ1) is 16.1. The van der Waals surface area contributed by atoms with Crippen LogP contribution in [0.4, 0.5) is 4.79 Å². The van der Waals surface area contributed by atoms with E-state index < -0.39 is 6.03 Å². The Morgan fingerprint density at radius 3 is 1.33 bits per heavy atom. The topological polar surface area (TPSA) is 69.1 Å². The minimum Gasteiger partial charge on any atom is -1.00 e. The van der Waals surface area contributed by atoms with Crippen LogP contribution >= 0.6 is 0 Å². The third-order valence-corrected chi connectivity index (χ3v) is 0. The summed E-state index contributed by atoms with van der Waals surface area (Å²) in [5.74, 6) is 0. The van der Waals surface area contributed by atoms with Gasteiger partial charge in [-0.2, -0.15) is 0 Å². The van der Waals surface area contributed by atoms with Gasteiger partial charge in [0.25, 0.3) is 0 Å². The van der Waals surface area contributed by atoms with Crippen molar-refractivity contribution in [1.82, 2.24) is 0 Å². The molecule has 0 aromatic heterocycles. The van der Waals surface area contributed by atoms with Gasteiger partial charge in [-0.05, 0) is 0 Å². The molecule has 2 amide bonds. The largest absolute Gasteiger partial charge is 2.00 e. The van der Waals surface area contributed by atoms with Crippen LogP contribution in [0.1, 0.15) is 0 Å². The van der Waals surface area contributed by atoms with Crippen LogP contribution in [0.5, 0.6) is 0 Å². The number of amides is 2. The van der Waals surface area contributed by atoms with Crippen molar-refractivity contribution in [3.05, 3.63) is 0 Å². The Balaban J connectivity index is -0.0000000450. The maximum Gasteiger partial charge on any atom is 2.00 e. The molecule has 0 aliphatic carbocycles. The Bertz CT molecular complexity index is 36.5. The van der Waals surface area contributed by atoms with Gasteiger partial charge in [0.05, 0.1) is 0 Å². The zero-order valence-corrected chi connectivity index (χ0v) is 5.36. The molecule has 0 heterocycles. The molecule has 0 unspecified atom stereocenters. The molecule has 4 N–H and O–H groups in total. The van der Waals surface area contributed by atoms with Crippen molar-refractivity contribution < 1.29 is 9.50 Å². The fourth-order valence-electron chi connectivity index (χ4n) is 0. The summed E-state index contributed by atoms with van der Waals surface area (Å²) >= 11 is 0. The van der Waals surface area contributed by atoms with Crippen LogP contribution in [-0.2, 0) is 0 Å². The van der Waals surface area contributed by atoms with E-state index in [9.17, 15) is 0 Å². The molecule has 0 aromatic rings. The van der Waals surface area contributed by atoms with Crippen LogP contribution in [-0.4, -0.2) is 43.8 Å². The van der Waals surface area contributed by atoms with E-state index in [0.717, 1.165) is 0 Å². The van der Waals surface area contributed by atoms with Crippen LogP contribution in [0.25, 0.3) is 0 Å². The summed E-state index contributed by atoms with van der Waals surface area (Å²) in [5, 5.41) is 0. The Hall–Kier alpha value is 0.460. The summed E-state index contributed by atoms with van der Waals surface area (Å²) < 4.78 is 0. The summed E-state index contributed by atoms with van der Waals surface area (Å²) in [6.45, 7) is 0. The number of urea groups is 1. The van der Waals surface area contributed by atoms with E-state index >= 15 is 0 Å². The van der Waals surface area contributed by atoms with Crippen molar-refractivity contribution in [3.63, 3.8) is 0 Å². The third kappa shape index (κ3) is 253. The zero-order valence-electron chi connectivity index (χ0n) is 3.15. The summed E-state index contributed by atoms with van der Waals surface area (Å²) in [6.07, 6.45) is 0. The predicted octanol–water partition coefficient (Wildman–Crippen LogP) is -4.35. The van der Waals surface area contributed by atoms with Gasteiger partial charge in [-0.3, -0.25) is 0 Å². The second-order valence-corrected chi connectivity index (χ2v) is 0.402. The Labute approximate surface area is 64.4 Å². The van der Waals surface area contributed by atoms with Crippen molar-refractivity contribution in [2.75, 3.05) is 0 Å². The van der Waals surface area contributed by atoms with Gasteiger partial charge in [-0.25, -0.2) is 4.79 Å². The van der Waals surface area contributed by atoms with Crippen LogP contribution in [0.3, 0.4) is 0 Å². The van der Waals surface area contributed by atoms with Crippen molar-refractivity contribution in [1.29, 1.82) is 0 Å². The summed E-state index contributed by atoms with van der Waals surface area (Å²) in [5.41, 5.74) is 8.50. The average Bonchev–Trinajstić information content (AvgIpc) is 0.811. The van der Waals surface area contributed by atoms with Gasteiger partial charge < -0.3 is 16.2 Å². The van der Waals surface area contributed by atoms with Gasteiger partial charge in [0.2, 0.25) is 0 Å². The van der Waals surface area contributed by atoms with Crippen molar-refractivity contribution in [2.24, 2.45) is 11.5 Å². The first-order chi connectivity index (χ1) is 1.73. The van der Waals surface area contributed by atoms with Gasteiger partial charge in [0.1, 0.15) is 0 Å². The monoisotopic (exact) mass is 119 g/mol. The minimum absolute atomic E-state index is 0. The summed E-state index contributed by atoms with van der Waals surface area (Å²) in [6, 6.07) is -0.833. The van der Waals surface area contributed by atoms with E-state index in [1.165, 1.54) is 0 Å². The van der Waals surface area contributed by atoms with Crippen molar-refractivity contribution >= 4 is 43.8 Å². The van der Waals surface area contributed by atoms with E-state index in [4.69, 9.17) is 4.79 Å². The van der Waals surface area contributed by atoms with Crippen LogP contribution < -0.4 is 16.2 Å². The minimum atomic E-state index is -0.833. The number of nitrogens with two attached hydrogens (primary N) is 2. The fraction of sp³-hybridized carbons (Fsp3) is 0. The van der Waals surface area contributed by atoms with Gasteiger partial charge in [-0.1, -0.05) is 0 Å². The zero-order chi connectivity index (χ0) is 3.58. The number of halogens is 1. The number of primary amides is 2. The van der Waals surface area contributed by atoms with E-state index in [2.05, 4.69) is 11.5 Å². The number of carbonyl (C=O) groups is 1. The maximum atomic E-state index is 9.00. The molecule has 0 rings (SSSR count). The van der Waals surface area contributed by atoms with Crippen molar-refractivity contribution in [3.8, 4) is 0 Å². The number of carbonyl (C=O) groups excluding carboxylic acids is 1. The molecule has 0 aliphatic heterocycles. The Morgan fingerprint density at radius 1 is 1.33 bits per heavy atom. The van der Waals surface area contributed by atoms with Gasteiger partial charge in [0.15, 0.2) is 0 Å². The molecule has 0 saturated heterocycles. The second-order valence-electron chi connectivity index (χ2n) is 0.402. The molecule has 3 nitrogen and oxygen atoms in total. The van der Waals surface area contributed by atoms with Gasteiger partial charge in [0, 0.05) is 0 Å². The molecule has 6 heavy (non-hydrogen) atoms. The standard InChI is InChI=1S/CH4N2O.Ca.FH/c2-1(3)4;;/h(H4,2,3,4);;1H/q;+2;/p-1. The average molecular weight is 119 g/mol. The molecule has 0 aromatic carbocycles. The molecule has 32 valence electrons. The molecule has 0 spiro atoms. The fourth-order valence-corrected chi connectivity index (χ4v) is 0. The molecule has 5 heteroatoms. The Kier molecular flexibility index (Phi) is 24.3. The van der Waals surface area contributed by atoms with Gasteiger partial charge in [-0.15, -0.1) is 0 Å². The smallest absolute Gasteiger partial charge is 1.00 e. The number of rotatable bonds is 0. The van der Waals surface area contributed by atoms with Crippen LogP contribution in [0.2, 0.25) is 0 Å². The van der Waals surface area contributed by atoms with E-state index in [0.29, 0.717) is 0 Å². The molecule has 0 bridgehead atoms. The first-order valence-corrected chi connectivity index (χ1v) is 0.781. The molecule has 0 radical (unpaired) electrons. The molecular weight excluding hydrogens is 115 g/mol. The summed E-state index contributed by atoms with van der Waals surface area (Å²) in [7, 11) is 0. The predicted molar refractivity (Wildman–Crippen MR) is 19.5 cm³/mol. The maximum absolute atomic E-state index is 9.00. The van der Waals surface area contributed by atoms with Gasteiger partial charge >= 0.3 is 43.8 Å². The van der Waals surface area contributed by atoms with Crippen molar-refractivity contribution in [2.45, 2.75) is 0 Å². The SMILES string of the molecule is NC(N)=O.[Ca+2].[F-]. The van der Waals surface area contributed by atoms with E-state index in [1.54, 1.807) is 0 Å². The van der Waals surface area contributed by atoms with E-state index in [-0.39, 0.29) is 42.4 Å². The molecule has 0 fully saturated rings. The van der Waals surface area contributed by atoms with Crippen LogP contribution in [0.15, 0.2) is 0 Å². The molecule has 0 saturated carbocycles. The normalized spacial score (nSPS) is 4.00. The number of hydrogen-bond donors (Lipinski definition) is 2. The Morgan fingerprint density at radius 2 is 1.33 bits per heavy atom. The molecular formula is CH4CaFN2O+. The molecule has 0 aliphatic rings.